The molecule has 0 heterocycles. The zero-order valence-electron chi connectivity index (χ0n) is 13.0. The summed E-state index contributed by atoms with van der Waals surface area (Å²) in [6.07, 6.45) is 6.63. The van der Waals surface area contributed by atoms with E-state index in [2.05, 4.69) is 12.1 Å². The quantitative estimate of drug-likeness (QED) is 0.796. The monoisotopic (exact) mass is 319 g/mol. The molecular formula is C17H21NO3S. The zero-order valence-corrected chi connectivity index (χ0v) is 13.8. The number of fused-ring (bicyclic) bond motifs is 1. The number of nitrogens with zero attached hydrogens (tertiary/aromatic N) is 1. The van der Waals surface area contributed by atoms with Crippen LogP contribution in [-0.2, 0) is 14.4 Å². The maximum Gasteiger partial charge on any atom is 0.358 e. The fraction of sp³-hybridized carbons (Fsp3) is 0.471. The van der Waals surface area contributed by atoms with Crippen LogP contribution in [0.5, 0.6) is 0 Å². The standard InChI is InChI=1S/C17H21NO3S/c1-12-7-9-14(10-8-12)22(19,20)21-18-17-11-13(2)15-5-3-4-6-16(15)17/h7-11,15-16H,3-6H2,1-2H3/b18-17+. The molecule has 1 fully saturated rings. The van der Waals surface area contributed by atoms with Gasteiger partial charge in [-0.25, -0.2) is 0 Å². The average Bonchev–Trinajstić information content (AvgIpc) is 2.83. The minimum Gasteiger partial charge on any atom is -0.265 e. The van der Waals surface area contributed by atoms with Crippen LogP contribution in [0.25, 0.3) is 0 Å². The fourth-order valence-electron chi connectivity index (χ4n) is 3.41. The molecule has 0 aromatic heterocycles. The Labute approximate surface area is 132 Å². The summed E-state index contributed by atoms with van der Waals surface area (Å²) < 4.78 is 29.3. The lowest BCUT2D eigenvalue weighted by Crippen LogP contribution is -2.21. The summed E-state index contributed by atoms with van der Waals surface area (Å²) in [5, 5.41) is 3.98. The van der Waals surface area contributed by atoms with Crippen molar-refractivity contribution in [2.24, 2.45) is 17.0 Å². The number of rotatable bonds is 3. The Morgan fingerprint density at radius 2 is 1.68 bits per heavy atom. The van der Waals surface area contributed by atoms with Gasteiger partial charge in [-0.3, -0.25) is 4.28 Å². The van der Waals surface area contributed by atoms with Crippen LogP contribution in [0.4, 0.5) is 0 Å². The van der Waals surface area contributed by atoms with Crippen LogP contribution >= 0.6 is 0 Å². The minimum absolute atomic E-state index is 0.140. The molecule has 0 N–H and O–H groups in total. The van der Waals surface area contributed by atoms with Crippen LogP contribution in [0, 0.1) is 18.8 Å². The first-order valence-corrected chi connectivity index (χ1v) is 9.14. The van der Waals surface area contributed by atoms with Crippen molar-refractivity contribution >= 4 is 15.8 Å². The van der Waals surface area contributed by atoms with Crippen molar-refractivity contribution in [3.63, 3.8) is 0 Å². The van der Waals surface area contributed by atoms with Gasteiger partial charge in [0.1, 0.15) is 4.90 Å². The highest BCUT2D eigenvalue weighted by molar-refractivity contribution is 7.86. The van der Waals surface area contributed by atoms with E-state index in [1.54, 1.807) is 24.3 Å². The Kier molecular flexibility index (Phi) is 4.08. The summed E-state index contributed by atoms with van der Waals surface area (Å²) in [7, 11) is -3.84. The SMILES string of the molecule is CC1=C/C(=N\OS(=O)(=O)c2ccc(C)cc2)C2CCCCC12. The fourth-order valence-corrected chi connectivity index (χ4v) is 4.15. The van der Waals surface area contributed by atoms with Crippen molar-refractivity contribution in [1.29, 1.82) is 0 Å². The summed E-state index contributed by atoms with van der Waals surface area (Å²) in [4.78, 5) is 0.140. The summed E-state index contributed by atoms with van der Waals surface area (Å²) in [5.74, 6) is 0.833. The van der Waals surface area contributed by atoms with Crippen molar-refractivity contribution in [1.82, 2.24) is 0 Å². The van der Waals surface area contributed by atoms with E-state index in [0.717, 1.165) is 24.1 Å². The lowest BCUT2D eigenvalue weighted by molar-refractivity contribution is 0.318. The van der Waals surface area contributed by atoms with Gasteiger partial charge in [0.05, 0.1) is 5.71 Å². The topological polar surface area (TPSA) is 55.7 Å². The van der Waals surface area contributed by atoms with E-state index in [4.69, 9.17) is 4.28 Å². The third-order valence-electron chi connectivity index (χ3n) is 4.66. The molecule has 0 saturated heterocycles. The third kappa shape index (κ3) is 2.95. The van der Waals surface area contributed by atoms with Gasteiger partial charge < -0.3 is 0 Å². The van der Waals surface area contributed by atoms with E-state index >= 15 is 0 Å². The maximum absolute atomic E-state index is 12.2. The highest BCUT2D eigenvalue weighted by Gasteiger charge is 2.35. The minimum atomic E-state index is -3.84. The molecule has 0 bridgehead atoms. The summed E-state index contributed by atoms with van der Waals surface area (Å²) in [6.45, 7) is 4.01. The molecule has 0 radical (unpaired) electrons. The first kappa shape index (κ1) is 15.3. The van der Waals surface area contributed by atoms with Crippen molar-refractivity contribution in [3.8, 4) is 0 Å². The second kappa shape index (κ2) is 5.88. The lowest BCUT2D eigenvalue weighted by Gasteiger charge is -2.26. The second-order valence-corrected chi connectivity index (χ2v) is 7.77. The number of hydrogen-bond acceptors (Lipinski definition) is 4. The highest BCUT2D eigenvalue weighted by Crippen LogP contribution is 2.40. The molecule has 0 spiro atoms. The molecule has 0 amide bonds. The molecule has 22 heavy (non-hydrogen) atoms. The highest BCUT2D eigenvalue weighted by atomic mass is 32.2. The van der Waals surface area contributed by atoms with E-state index in [1.165, 1.54) is 18.4 Å². The van der Waals surface area contributed by atoms with Crippen LogP contribution in [0.1, 0.15) is 38.2 Å². The molecule has 2 unspecified atom stereocenters. The zero-order chi connectivity index (χ0) is 15.7. The smallest absolute Gasteiger partial charge is 0.265 e. The van der Waals surface area contributed by atoms with E-state index in [0.29, 0.717) is 11.8 Å². The molecule has 1 aromatic rings. The Morgan fingerprint density at radius 1 is 1.05 bits per heavy atom. The first-order chi connectivity index (χ1) is 10.5. The Morgan fingerprint density at radius 3 is 2.36 bits per heavy atom. The van der Waals surface area contributed by atoms with Crippen molar-refractivity contribution in [2.45, 2.75) is 44.4 Å². The van der Waals surface area contributed by atoms with Gasteiger partial charge in [-0.15, -0.1) is 0 Å². The van der Waals surface area contributed by atoms with Crippen molar-refractivity contribution in [2.75, 3.05) is 0 Å². The van der Waals surface area contributed by atoms with Crippen LogP contribution in [-0.4, -0.2) is 14.1 Å². The number of hydrogen-bond donors (Lipinski definition) is 0. The van der Waals surface area contributed by atoms with Crippen LogP contribution in [0.3, 0.4) is 0 Å². The molecule has 1 aromatic carbocycles. The van der Waals surface area contributed by atoms with Crippen molar-refractivity contribution in [3.05, 3.63) is 41.5 Å². The lowest BCUT2D eigenvalue weighted by atomic mass is 9.78. The van der Waals surface area contributed by atoms with Crippen LogP contribution in [0.15, 0.2) is 46.0 Å². The van der Waals surface area contributed by atoms with Crippen LogP contribution < -0.4 is 0 Å². The Bertz CT molecular complexity index is 717. The van der Waals surface area contributed by atoms with Gasteiger partial charge in [0.25, 0.3) is 0 Å². The van der Waals surface area contributed by atoms with Gasteiger partial charge in [-0.2, -0.15) is 8.42 Å². The molecule has 0 aliphatic heterocycles. The van der Waals surface area contributed by atoms with E-state index in [1.807, 2.05) is 13.0 Å². The molecular weight excluding hydrogens is 298 g/mol. The number of aryl methyl sites for hydroxylation is 1. The van der Waals surface area contributed by atoms with E-state index in [9.17, 15) is 8.42 Å². The van der Waals surface area contributed by atoms with Gasteiger partial charge in [0, 0.05) is 5.92 Å². The summed E-state index contributed by atoms with van der Waals surface area (Å²) in [5.41, 5.74) is 3.07. The van der Waals surface area contributed by atoms with Gasteiger partial charge >= 0.3 is 10.1 Å². The Balaban J connectivity index is 1.80. The predicted octanol–water partition coefficient (Wildman–Crippen LogP) is 3.82. The number of benzene rings is 1. The number of oxime groups is 1. The molecule has 2 atom stereocenters. The normalized spacial score (nSPS) is 26.6. The molecule has 2 aliphatic rings. The van der Waals surface area contributed by atoms with E-state index < -0.39 is 10.1 Å². The maximum atomic E-state index is 12.2. The Hall–Kier alpha value is -1.62. The molecule has 118 valence electrons. The predicted molar refractivity (Wildman–Crippen MR) is 86.1 cm³/mol. The molecule has 5 heteroatoms. The summed E-state index contributed by atoms with van der Waals surface area (Å²) >= 11 is 0. The van der Waals surface area contributed by atoms with Crippen LogP contribution in [0.2, 0.25) is 0 Å². The first-order valence-electron chi connectivity index (χ1n) is 7.74. The molecule has 1 saturated carbocycles. The largest absolute Gasteiger partial charge is 0.358 e. The second-order valence-electron chi connectivity index (χ2n) is 6.24. The molecule has 3 rings (SSSR count). The van der Waals surface area contributed by atoms with Gasteiger partial charge in [0.2, 0.25) is 0 Å². The van der Waals surface area contributed by atoms with Crippen molar-refractivity contribution < 1.29 is 12.7 Å². The van der Waals surface area contributed by atoms with Gasteiger partial charge in [-0.1, -0.05) is 41.3 Å². The number of allylic oxidation sites excluding steroid dienone is 2. The van der Waals surface area contributed by atoms with E-state index in [-0.39, 0.29) is 4.90 Å². The van der Waals surface area contributed by atoms with Gasteiger partial charge in [-0.05, 0) is 50.8 Å². The molecule has 4 nitrogen and oxygen atoms in total. The summed E-state index contributed by atoms with van der Waals surface area (Å²) in [6, 6.07) is 6.59. The van der Waals surface area contributed by atoms with Gasteiger partial charge in [0.15, 0.2) is 0 Å². The average molecular weight is 319 g/mol. The molecule has 2 aliphatic carbocycles. The third-order valence-corrected chi connectivity index (χ3v) is 5.78.